The quantitative estimate of drug-likeness (QED) is 0.159. The van der Waals surface area contributed by atoms with Crippen molar-refractivity contribution in [3.8, 4) is 17.0 Å². The van der Waals surface area contributed by atoms with E-state index in [0.717, 1.165) is 42.6 Å². The van der Waals surface area contributed by atoms with Crippen LogP contribution in [0.4, 0.5) is 5.00 Å². The number of aromatic nitrogens is 1. The first kappa shape index (κ1) is 29.7. The molecule has 0 aliphatic heterocycles. The summed E-state index contributed by atoms with van der Waals surface area (Å²) in [4.78, 5) is 32.7. The van der Waals surface area contributed by atoms with Gasteiger partial charge in [0.1, 0.15) is 10.8 Å². The third-order valence-electron chi connectivity index (χ3n) is 7.34. The Morgan fingerprint density at radius 3 is 2.69 bits per heavy atom. The van der Waals surface area contributed by atoms with Gasteiger partial charge in [-0.3, -0.25) is 10.1 Å². The van der Waals surface area contributed by atoms with Crippen molar-refractivity contribution in [1.29, 1.82) is 0 Å². The first-order chi connectivity index (χ1) is 20.3. The molecule has 0 spiro atoms. The molecule has 1 aliphatic rings. The normalized spacial score (nSPS) is 14.4. The zero-order valence-electron chi connectivity index (χ0n) is 24.3. The van der Waals surface area contributed by atoms with Gasteiger partial charge in [0, 0.05) is 15.8 Å². The highest BCUT2D eigenvalue weighted by Crippen LogP contribution is 2.41. The topological polar surface area (TPSA) is 89.6 Å². The maximum absolute atomic E-state index is 13.7. The second-order valence-electron chi connectivity index (χ2n) is 10.6. The number of hydrogen-bond acceptors (Lipinski definition) is 7. The zero-order chi connectivity index (χ0) is 29.8. The molecule has 2 aromatic carbocycles. The zero-order valence-corrected chi connectivity index (χ0v) is 25.9. The van der Waals surface area contributed by atoms with Crippen LogP contribution in [-0.2, 0) is 17.6 Å². The monoisotopic (exact) mass is 601 g/mol. The smallest absolute Gasteiger partial charge is 0.341 e. The minimum atomic E-state index is -0.369. The Morgan fingerprint density at radius 1 is 1.12 bits per heavy atom. The van der Waals surface area contributed by atoms with Crippen LogP contribution in [0.1, 0.15) is 71.7 Å². The molecule has 1 amide bonds. The van der Waals surface area contributed by atoms with Crippen LogP contribution in [0.3, 0.4) is 0 Å². The SMILES string of the molecule is CCOC(=O)c1c(NC(=S)NC(=O)c2cc(-c3cccc(OC(C)C)c3)nc3ccccc23)sc2c1CCC(CC)C2. The number of thiocarbonyl (C=S) groups is 1. The number of nitrogens with one attached hydrogen (secondary N) is 2. The van der Waals surface area contributed by atoms with E-state index in [-0.39, 0.29) is 29.7 Å². The highest BCUT2D eigenvalue weighted by Gasteiger charge is 2.30. The summed E-state index contributed by atoms with van der Waals surface area (Å²) in [5, 5.41) is 7.42. The number of ether oxygens (including phenoxy) is 2. The molecule has 9 heteroatoms. The Hall–Kier alpha value is -3.82. The number of esters is 1. The van der Waals surface area contributed by atoms with Crippen LogP contribution < -0.4 is 15.4 Å². The van der Waals surface area contributed by atoms with Crippen molar-refractivity contribution in [1.82, 2.24) is 10.3 Å². The molecule has 2 N–H and O–H groups in total. The Kier molecular flexibility index (Phi) is 9.18. The van der Waals surface area contributed by atoms with E-state index in [2.05, 4.69) is 17.6 Å². The van der Waals surface area contributed by atoms with Crippen molar-refractivity contribution in [3.05, 3.63) is 76.2 Å². The number of thiophene rings is 1. The number of para-hydroxylation sites is 1. The second kappa shape index (κ2) is 13.0. The summed E-state index contributed by atoms with van der Waals surface area (Å²) >= 11 is 7.12. The highest BCUT2D eigenvalue weighted by atomic mass is 32.1. The van der Waals surface area contributed by atoms with E-state index in [0.29, 0.717) is 38.6 Å². The van der Waals surface area contributed by atoms with Crippen molar-refractivity contribution >= 4 is 56.4 Å². The van der Waals surface area contributed by atoms with E-state index in [4.69, 9.17) is 26.7 Å². The molecule has 42 heavy (non-hydrogen) atoms. The molecule has 1 aliphatic carbocycles. The number of rotatable bonds is 8. The lowest BCUT2D eigenvalue weighted by Gasteiger charge is -2.21. The molecule has 1 atom stereocenters. The number of amides is 1. The molecular formula is C33H35N3O4S2. The maximum Gasteiger partial charge on any atom is 0.341 e. The van der Waals surface area contributed by atoms with Crippen molar-refractivity contribution < 1.29 is 19.1 Å². The van der Waals surface area contributed by atoms with Crippen LogP contribution in [0.2, 0.25) is 0 Å². The number of pyridine rings is 1. The van der Waals surface area contributed by atoms with Gasteiger partial charge >= 0.3 is 5.97 Å². The van der Waals surface area contributed by atoms with Crippen molar-refractivity contribution in [2.24, 2.45) is 5.92 Å². The summed E-state index contributed by atoms with van der Waals surface area (Å²) in [6, 6.07) is 17.0. The predicted octanol–water partition coefficient (Wildman–Crippen LogP) is 7.57. The maximum atomic E-state index is 13.7. The van der Waals surface area contributed by atoms with E-state index in [1.54, 1.807) is 13.0 Å². The second-order valence-corrected chi connectivity index (χ2v) is 12.1. The molecular weight excluding hydrogens is 567 g/mol. The average Bonchev–Trinajstić information content (AvgIpc) is 3.33. The van der Waals surface area contributed by atoms with Gasteiger partial charge in [0.2, 0.25) is 0 Å². The van der Waals surface area contributed by atoms with E-state index >= 15 is 0 Å². The number of nitrogens with zero attached hydrogens (tertiary/aromatic N) is 1. The fourth-order valence-corrected chi connectivity index (χ4v) is 6.94. The lowest BCUT2D eigenvalue weighted by Crippen LogP contribution is -2.34. The standard InChI is InChI=1S/C33H35N3O4S2/c1-5-20-14-15-24-28(16-20)42-31(29(24)32(38)39-6-2)36-33(41)35-30(37)25-18-27(34-26-13-8-7-12-23(25)26)21-10-9-11-22(17-21)40-19(3)4/h7-13,17-20H,5-6,14-16H2,1-4H3,(H2,35,36,37,41). The van der Waals surface area contributed by atoms with Gasteiger partial charge in [0.25, 0.3) is 5.91 Å². The van der Waals surface area contributed by atoms with Gasteiger partial charge in [-0.25, -0.2) is 9.78 Å². The van der Waals surface area contributed by atoms with Gasteiger partial charge in [-0.1, -0.05) is 43.7 Å². The largest absolute Gasteiger partial charge is 0.491 e. The molecule has 0 radical (unpaired) electrons. The van der Waals surface area contributed by atoms with Crippen molar-refractivity contribution in [2.75, 3.05) is 11.9 Å². The Balaban J connectivity index is 1.43. The number of anilines is 1. The van der Waals surface area contributed by atoms with Gasteiger partial charge in [-0.05, 0) is 88.0 Å². The molecule has 0 saturated carbocycles. The summed E-state index contributed by atoms with van der Waals surface area (Å²) in [6.07, 6.45) is 3.93. The lowest BCUT2D eigenvalue weighted by atomic mass is 9.86. The Morgan fingerprint density at radius 2 is 1.93 bits per heavy atom. The molecule has 218 valence electrons. The minimum Gasteiger partial charge on any atom is -0.491 e. The molecule has 1 unspecified atom stereocenters. The summed E-state index contributed by atoms with van der Waals surface area (Å²) < 4.78 is 11.3. The summed E-state index contributed by atoms with van der Waals surface area (Å²) in [7, 11) is 0. The summed E-state index contributed by atoms with van der Waals surface area (Å²) in [5.41, 5.74) is 4.18. The number of carbonyl (C=O) groups is 2. The minimum absolute atomic E-state index is 0.0333. The van der Waals surface area contributed by atoms with Gasteiger partial charge in [0.05, 0.1) is 35.0 Å². The van der Waals surface area contributed by atoms with E-state index in [1.165, 1.54) is 16.2 Å². The molecule has 2 aromatic heterocycles. The molecule has 5 rings (SSSR count). The Bertz CT molecular complexity index is 1650. The predicted molar refractivity (Wildman–Crippen MR) is 173 cm³/mol. The third-order valence-corrected chi connectivity index (χ3v) is 8.71. The van der Waals surface area contributed by atoms with Gasteiger partial charge in [0.15, 0.2) is 5.11 Å². The van der Waals surface area contributed by atoms with Crippen LogP contribution in [0.25, 0.3) is 22.2 Å². The molecule has 4 aromatic rings. The van der Waals surface area contributed by atoms with Crippen LogP contribution in [0.15, 0.2) is 54.6 Å². The van der Waals surface area contributed by atoms with Gasteiger partial charge in [-0.2, -0.15) is 0 Å². The first-order valence-electron chi connectivity index (χ1n) is 14.4. The van der Waals surface area contributed by atoms with Gasteiger partial charge < -0.3 is 14.8 Å². The number of hydrogen-bond donors (Lipinski definition) is 2. The van der Waals surface area contributed by atoms with Crippen LogP contribution >= 0.6 is 23.6 Å². The van der Waals surface area contributed by atoms with E-state index in [9.17, 15) is 9.59 Å². The van der Waals surface area contributed by atoms with Crippen LogP contribution in [-0.4, -0.2) is 34.7 Å². The lowest BCUT2D eigenvalue weighted by molar-refractivity contribution is 0.0526. The number of benzene rings is 2. The van der Waals surface area contributed by atoms with Crippen LogP contribution in [0, 0.1) is 5.92 Å². The molecule has 0 fully saturated rings. The summed E-state index contributed by atoms with van der Waals surface area (Å²) in [5.74, 6) is 0.592. The van der Waals surface area contributed by atoms with Crippen molar-refractivity contribution in [3.63, 3.8) is 0 Å². The van der Waals surface area contributed by atoms with Crippen LogP contribution in [0.5, 0.6) is 5.75 Å². The number of fused-ring (bicyclic) bond motifs is 2. The highest BCUT2D eigenvalue weighted by molar-refractivity contribution is 7.80. The van der Waals surface area contributed by atoms with Gasteiger partial charge in [-0.15, -0.1) is 11.3 Å². The van der Waals surface area contributed by atoms with Crippen molar-refractivity contribution in [2.45, 2.75) is 59.5 Å². The molecule has 0 saturated heterocycles. The molecule has 2 heterocycles. The molecule has 0 bridgehead atoms. The van der Waals surface area contributed by atoms with E-state index in [1.807, 2.05) is 62.4 Å². The Labute approximate surface area is 255 Å². The van der Waals surface area contributed by atoms with E-state index < -0.39 is 0 Å². The number of carbonyl (C=O) groups excluding carboxylic acids is 2. The fraction of sp³-hybridized carbons (Fsp3) is 0.333. The molecule has 7 nitrogen and oxygen atoms in total. The average molecular weight is 602 g/mol. The third kappa shape index (κ3) is 6.47. The first-order valence-corrected chi connectivity index (χ1v) is 15.6. The summed E-state index contributed by atoms with van der Waals surface area (Å²) in [6.45, 7) is 8.23. The fourth-order valence-electron chi connectivity index (χ4n) is 5.33.